The topological polar surface area (TPSA) is 89.5 Å². The van der Waals surface area contributed by atoms with Crippen molar-refractivity contribution in [3.8, 4) is 11.5 Å². The second-order valence-corrected chi connectivity index (χ2v) is 8.25. The molecule has 0 atom stereocenters. The molecule has 4 aromatic rings. The molecule has 1 heterocycles. The Kier molecular flexibility index (Phi) is 7.29. The van der Waals surface area contributed by atoms with Gasteiger partial charge in [0.05, 0.1) is 36.7 Å². The van der Waals surface area contributed by atoms with Crippen molar-refractivity contribution >= 4 is 45.9 Å². The number of anilines is 2. The number of fused-ring (bicyclic) bond motifs is 1. The molecule has 0 saturated carbocycles. The second kappa shape index (κ2) is 10.7. The molecule has 0 unspecified atom stereocenters. The maximum absolute atomic E-state index is 13.1. The van der Waals surface area contributed by atoms with Crippen molar-refractivity contribution in [2.24, 2.45) is 0 Å². The van der Waals surface area contributed by atoms with Crippen LogP contribution >= 0.6 is 11.8 Å². The van der Waals surface area contributed by atoms with E-state index in [4.69, 9.17) is 9.47 Å². The van der Waals surface area contributed by atoms with Crippen LogP contribution in [0.4, 0.5) is 11.4 Å². The number of hydrogen-bond donors (Lipinski definition) is 2. The van der Waals surface area contributed by atoms with E-state index in [1.165, 1.54) is 18.9 Å². The van der Waals surface area contributed by atoms with Gasteiger partial charge >= 0.3 is 0 Å². The lowest BCUT2D eigenvalue weighted by atomic mass is 10.1. The minimum Gasteiger partial charge on any atom is -0.493 e. The molecule has 0 aliphatic rings. The van der Waals surface area contributed by atoms with Gasteiger partial charge in [0.2, 0.25) is 5.91 Å². The maximum atomic E-state index is 13.1. The number of pyridine rings is 1. The average Bonchev–Trinajstić information content (AvgIpc) is 2.87. The minimum atomic E-state index is -0.262. The molecule has 4 rings (SSSR count). The molecular formula is C26H23N3O4S. The molecule has 0 saturated heterocycles. The fourth-order valence-electron chi connectivity index (χ4n) is 3.43. The smallest absolute Gasteiger partial charge is 0.256 e. The first kappa shape index (κ1) is 23.1. The van der Waals surface area contributed by atoms with E-state index < -0.39 is 0 Å². The van der Waals surface area contributed by atoms with Gasteiger partial charge in [-0.25, -0.2) is 0 Å². The van der Waals surface area contributed by atoms with Gasteiger partial charge in [-0.1, -0.05) is 30.3 Å². The Bertz CT molecular complexity index is 1340. The lowest BCUT2D eigenvalue weighted by Gasteiger charge is -2.12. The third-order valence-corrected chi connectivity index (χ3v) is 6.11. The molecule has 8 heteroatoms. The third kappa shape index (κ3) is 5.29. The quantitative estimate of drug-likeness (QED) is 0.341. The number of rotatable bonds is 8. The van der Waals surface area contributed by atoms with Crippen molar-refractivity contribution in [1.82, 2.24) is 4.98 Å². The fraction of sp³-hybridized carbons (Fsp3) is 0.115. The molecule has 172 valence electrons. The number of carbonyl (C=O) groups excluding carboxylic acids is 2. The monoisotopic (exact) mass is 473 g/mol. The van der Waals surface area contributed by atoms with Crippen molar-refractivity contribution in [3.63, 3.8) is 0 Å². The lowest BCUT2D eigenvalue weighted by Crippen LogP contribution is -2.16. The molecule has 1 aromatic heterocycles. The molecule has 2 N–H and O–H groups in total. The molecule has 34 heavy (non-hydrogen) atoms. The van der Waals surface area contributed by atoms with Gasteiger partial charge in [0.15, 0.2) is 11.5 Å². The molecule has 0 fully saturated rings. The highest BCUT2D eigenvalue weighted by molar-refractivity contribution is 8.00. The summed E-state index contributed by atoms with van der Waals surface area (Å²) in [5, 5.41) is 6.73. The van der Waals surface area contributed by atoms with Gasteiger partial charge in [-0.05, 0) is 36.4 Å². The molecular weight excluding hydrogens is 450 g/mol. The zero-order valence-electron chi connectivity index (χ0n) is 18.7. The summed E-state index contributed by atoms with van der Waals surface area (Å²) in [4.78, 5) is 30.7. The number of benzene rings is 3. The van der Waals surface area contributed by atoms with E-state index >= 15 is 0 Å². The standard InChI is InChI=1S/C26H23N3O4S/c1-32-21-13-12-18(15-22(21)33-2)28-24(30)16-34-23-11-4-3-9-19(23)26(31)29-20-10-5-7-17-8-6-14-27-25(17)20/h3-15H,16H2,1-2H3,(H,28,30)(H,29,31). The third-order valence-electron chi connectivity index (χ3n) is 5.04. The molecule has 0 aliphatic carbocycles. The van der Waals surface area contributed by atoms with Crippen LogP contribution < -0.4 is 20.1 Å². The highest BCUT2D eigenvalue weighted by Crippen LogP contribution is 2.30. The first-order chi connectivity index (χ1) is 16.6. The zero-order chi connectivity index (χ0) is 23.9. The van der Waals surface area contributed by atoms with Gasteiger partial charge in [-0.15, -0.1) is 11.8 Å². The van der Waals surface area contributed by atoms with Gasteiger partial charge in [0.1, 0.15) is 0 Å². The Morgan fingerprint density at radius 2 is 1.68 bits per heavy atom. The summed E-state index contributed by atoms with van der Waals surface area (Å²) in [5.74, 6) is 0.774. The molecule has 3 aromatic carbocycles. The first-order valence-electron chi connectivity index (χ1n) is 10.5. The van der Waals surface area contributed by atoms with Gasteiger partial charge in [0, 0.05) is 28.2 Å². The Labute approximate surface area is 201 Å². The highest BCUT2D eigenvalue weighted by Gasteiger charge is 2.15. The van der Waals surface area contributed by atoms with Gasteiger partial charge in [0.25, 0.3) is 5.91 Å². The van der Waals surface area contributed by atoms with E-state index in [2.05, 4.69) is 15.6 Å². The number of methoxy groups -OCH3 is 2. The maximum Gasteiger partial charge on any atom is 0.256 e. The molecule has 0 aliphatic heterocycles. The van der Waals surface area contributed by atoms with Crippen LogP contribution in [-0.4, -0.2) is 36.8 Å². The Balaban J connectivity index is 1.44. The second-order valence-electron chi connectivity index (χ2n) is 7.24. The van der Waals surface area contributed by atoms with Crippen LogP contribution in [0.2, 0.25) is 0 Å². The van der Waals surface area contributed by atoms with Crippen molar-refractivity contribution in [2.45, 2.75) is 4.90 Å². The van der Waals surface area contributed by atoms with Crippen molar-refractivity contribution < 1.29 is 19.1 Å². The molecule has 2 amide bonds. The summed E-state index contributed by atoms with van der Waals surface area (Å²) in [7, 11) is 3.09. The van der Waals surface area contributed by atoms with E-state index in [1.54, 1.807) is 43.6 Å². The number of nitrogens with one attached hydrogen (secondary N) is 2. The normalized spacial score (nSPS) is 10.5. The van der Waals surface area contributed by atoms with Gasteiger partial charge < -0.3 is 20.1 Å². The minimum absolute atomic E-state index is 0.133. The van der Waals surface area contributed by atoms with Crippen LogP contribution in [0.3, 0.4) is 0 Å². The number of ether oxygens (including phenoxy) is 2. The van der Waals surface area contributed by atoms with Gasteiger partial charge in [-0.2, -0.15) is 0 Å². The van der Waals surface area contributed by atoms with Crippen molar-refractivity contribution in [2.75, 3.05) is 30.6 Å². The summed E-state index contributed by atoms with van der Waals surface area (Å²) >= 11 is 1.29. The first-order valence-corrected chi connectivity index (χ1v) is 11.5. The predicted molar refractivity (Wildman–Crippen MR) is 135 cm³/mol. The van der Waals surface area contributed by atoms with E-state index in [1.807, 2.05) is 42.5 Å². The summed E-state index contributed by atoms with van der Waals surface area (Å²) in [6.07, 6.45) is 1.69. The molecule has 7 nitrogen and oxygen atoms in total. The van der Waals surface area contributed by atoms with Crippen molar-refractivity contribution in [1.29, 1.82) is 0 Å². The van der Waals surface area contributed by atoms with E-state index in [-0.39, 0.29) is 17.6 Å². The fourth-order valence-corrected chi connectivity index (χ4v) is 4.28. The number of thioether (sulfide) groups is 1. The largest absolute Gasteiger partial charge is 0.493 e. The molecule has 0 spiro atoms. The van der Waals surface area contributed by atoms with Crippen LogP contribution in [0.15, 0.2) is 83.9 Å². The Morgan fingerprint density at radius 3 is 2.50 bits per heavy atom. The highest BCUT2D eigenvalue weighted by atomic mass is 32.2. The van der Waals surface area contributed by atoms with Crippen LogP contribution in [-0.2, 0) is 4.79 Å². The lowest BCUT2D eigenvalue weighted by molar-refractivity contribution is -0.113. The van der Waals surface area contributed by atoms with Crippen LogP contribution in [0.5, 0.6) is 11.5 Å². The predicted octanol–water partition coefficient (Wildman–Crippen LogP) is 5.24. The van der Waals surface area contributed by atoms with E-state index in [0.717, 1.165) is 10.9 Å². The van der Waals surface area contributed by atoms with Crippen LogP contribution in [0, 0.1) is 0 Å². The van der Waals surface area contributed by atoms with Crippen LogP contribution in [0.1, 0.15) is 10.4 Å². The number of aromatic nitrogens is 1. The average molecular weight is 474 g/mol. The zero-order valence-corrected chi connectivity index (χ0v) is 19.5. The van der Waals surface area contributed by atoms with Crippen LogP contribution in [0.25, 0.3) is 10.9 Å². The van der Waals surface area contributed by atoms with E-state index in [9.17, 15) is 9.59 Å². The molecule has 0 radical (unpaired) electrons. The summed E-state index contributed by atoms with van der Waals surface area (Å²) in [6, 6.07) is 21.8. The SMILES string of the molecule is COc1ccc(NC(=O)CSc2ccccc2C(=O)Nc2cccc3cccnc23)cc1OC. The number of para-hydroxylation sites is 1. The number of nitrogens with zero attached hydrogens (tertiary/aromatic N) is 1. The summed E-state index contributed by atoms with van der Waals surface area (Å²) in [5.41, 5.74) is 2.43. The number of carbonyl (C=O) groups is 2. The van der Waals surface area contributed by atoms with Crippen molar-refractivity contribution in [3.05, 3.63) is 84.6 Å². The Hall–Kier alpha value is -4.04. The molecule has 0 bridgehead atoms. The summed E-state index contributed by atoms with van der Waals surface area (Å²) < 4.78 is 10.5. The van der Waals surface area contributed by atoms with E-state index in [0.29, 0.717) is 33.3 Å². The Morgan fingerprint density at radius 1 is 0.882 bits per heavy atom. The number of amides is 2. The van der Waals surface area contributed by atoms with Gasteiger partial charge in [-0.3, -0.25) is 14.6 Å². The summed E-state index contributed by atoms with van der Waals surface area (Å²) in [6.45, 7) is 0. The number of hydrogen-bond acceptors (Lipinski definition) is 6.